The second-order valence-corrected chi connectivity index (χ2v) is 3.67. The smallest absolute Gasteiger partial charge is 0.256 e. The van der Waals surface area contributed by atoms with Gasteiger partial charge in [0.15, 0.2) is 0 Å². The molecule has 0 fully saturated rings. The fourth-order valence-corrected chi connectivity index (χ4v) is 1.29. The van der Waals surface area contributed by atoms with Gasteiger partial charge in [0.05, 0.1) is 4.48 Å². The van der Waals surface area contributed by atoms with Crippen molar-refractivity contribution in [3.05, 3.63) is 40.4 Å². The van der Waals surface area contributed by atoms with E-state index in [4.69, 9.17) is 11.5 Å². The first-order valence-corrected chi connectivity index (χ1v) is 5.07. The van der Waals surface area contributed by atoms with Crippen LogP contribution in [0.15, 0.2) is 39.9 Å². The van der Waals surface area contributed by atoms with Gasteiger partial charge in [-0.1, -0.05) is 30.3 Å². The number of allylic oxidation sites excluding steroid dienone is 1. The van der Waals surface area contributed by atoms with Crippen LogP contribution in [0.25, 0.3) is 6.08 Å². The Bertz CT molecular complexity index is 391. The molecule has 15 heavy (non-hydrogen) atoms. The minimum atomic E-state index is -0.00809. The van der Waals surface area contributed by atoms with Crippen molar-refractivity contribution in [2.24, 2.45) is 16.6 Å². The van der Waals surface area contributed by atoms with E-state index < -0.39 is 0 Å². The summed E-state index contributed by atoms with van der Waals surface area (Å²) in [6, 6.07) is 9.89. The number of hydrogen-bond acceptors (Lipinski definition) is 1. The fraction of sp³-hybridized carbons (Fsp3) is 0. The van der Waals surface area contributed by atoms with Crippen LogP contribution in [0.1, 0.15) is 5.56 Å². The van der Waals surface area contributed by atoms with Gasteiger partial charge in [0, 0.05) is 5.10 Å². The van der Waals surface area contributed by atoms with Crippen molar-refractivity contribution < 1.29 is 5.10 Å². The molecule has 1 aromatic carbocycles. The predicted octanol–water partition coefficient (Wildman–Crippen LogP) is -0.238. The highest BCUT2D eigenvalue weighted by Gasteiger charge is 1.91. The summed E-state index contributed by atoms with van der Waals surface area (Å²) in [7, 11) is 0. The van der Waals surface area contributed by atoms with E-state index in [1.807, 2.05) is 36.4 Å². The first kappa shape index (κ1) is 11.5. The molecule has 0 unspecified atom stereocenters. The maximum Gasteiger partial charge on any atom is 0.256 e. The van der Waals surface area contributed by atoms with E-state index >= 15 is 0 Å². The summed E-state index contributed by atoms with van der Waals surface area (Å²) in [4.78, 5) is 0. The lowest BCUT2D eigenvalue weighted by atomic mass is 10.2. The molecule has 0 aliphatic carbocycles. The average molecular weight is 268 g/mol. The Balaban J connectivity index is 2.69. The number of guanidine groups is 1. The zero-order chi connectivity index (χ0) is 11.1. The van der Waals surface area contributed by atoms with Crippen molar-refractivity contribution >= 4 is 34.2 Å². The SMILES string of the molecule is NC(N)=N/[NH+]=C\C(Br)=C\c1ccccc1. The zero-order valence-corrected chi connectivity index (χ0v) is 9.61. The lowest BCUT2D eigenvalue weighted by molar-refractivity contribution is -0.456. The van der Waals surface area contributed by atoms with Crippen LogP contribution in [0.3, 0.4) is 0 Å². The molecule has 0 aliphatic rings. The highest BCUT2D eigenvalue weighted by molar-refractivity contribution is 9.12. The molecule has 5 heteroatoms. The van der Waals surface area contributed by atoms with Crippen molar-refractivity contribution in [3.63, 3.8) is 0 Å². The van der Waals surface area contributed by atoms with Crippen molar-refractivity contribution in [1.82, 2.24) is 0 Å². The second-order valence-electron chi connectivity index (χ2n) is 2.75. The molecule has 0 spiro atoms. The average Bonchev–Trinajstić information content (AvgIpc) is 2.18. The van der Waals surface area contributed by atoms with Gasteiger partial charge in [0.25, 0.3) is 5.96 Å². The zero-order valence-electron chi connectivity index (χ0n) is 8.02. The summed E-state index contributed by atoms with van der Waals surface area (Å²) in [5.41, 5.74) is 11.4. The summed E-state index contributed by atoms with van der Waals surface area (Å²) < 4.78 is 0.846. The Morgan fingerprint density at radius 2 is 1.93 bits per heavy atom. The Morgan fingerprint density at radius 1 is 1.27 bits per heavy atom. The van der Waals surface area contributed by atoms with Crippen LogP contribution in [-0.4, -0.2) is 12.2 Å². The van der Waals surface area contributed by atoms with Crippen LogP contribution in [0.2, 0.25) is 0 Å². The van der Waals surface area contributed by atoms with Crippen LogP contribution in [-0.2, 0) is 0 Å². The lowest BCUT2D eigenvalue weighted by Crippen LogP contribution is -2.63. The molecule has 0 aromatic heterocycles. The van der Waals surface area contributed by atoms with Crippen molar-refractivity contribution in [2.45, 2.75) is 0 Å². The van der Waals surface area contributed by atoms with Crippen LogP contribution >= 0.6 is 15.9 Å². The van der Waals surface area contributed by atoms with Gasteiger partial charge >= 0.3 is 0 Å². The molecule has 4 nitrogen and oxygen atoms in total. The van der Waals surface area contributed by atoms with Gasteiger partial charge in [0.2, 0.25) is 6.21 Å². The Hall–Kier alpha value is -1.62. The van der Waals surface area contributed by atoms with Crippen molar-refractivity contribution in [3.8, 4) is 0 Å². The van der Waals surface area contributed by atoms with Gasteiger partial charge in [-0.05, 0) is 27.6 Å². The monoisotopic (exact) mass is 267 g/mol. The Labute approximate surface area is 96.5 Å². The van der Waals surface area contributed by atoms with E-state index in [2.05, 4.69) is 26.1 Å². The van der Waals surface area contributed by atoms with Crippen molar-refractivity contribution in [1.29, 1.82) is 0 Å². The highest BCUT2D eigenvalue weighted by Crippen LogP contribution is 2.08. The summed E-state index contributed by atoms with van der Waals surface area (Å²) in [5, 5.41) is 6.20. The van der Waals surface area contributed by atoms with Gasteiger partial charge in [-0.15, -0.1) is 5.10 Å². The minimum Gasteiger partial charge on any atom is -0.365 e. The summed E-state index contributed by atoms with van der Waals surface area (Å²) in [5.74, 6) is -0.00809. The molecule has 78 valence electrons. The van der Waals surface area contributed by atoms with E-state index in [9.17, 15) is 0 Å². The molecule has 0 amide bonds. The van der Waals surface area contributed by atoms with E-state index in [1.165, 1.54) is 0 Å². The largest absolute Gasteiger partial charge is 0.365 e. The highest BCUT2D eigenvalue weighted by atomic mass is 79.9. The summed E-state index contributed by atoms with van der Waals surface area (Å²) >= 11 is 3.36. The van der Waals surface area contributed by atoms with E-state index in [1.54, 1.807) is 6.21 Å². The predicted molar refractivity (Wildman–Crippen MR) is 66.2 cm³/mol. The summed E-state index contributed by atoms with van der Waals surface area (Å²) in [6.07, 6.45) is 3.59. The number of rotatable bonds is 3. The molecule has 0 saturated heterocycles. The molecular weight excluding hydrogens is 256 g/mol. The molecule has 0 heterocycles. The third-order valence-electron chi connectivity index (χ3n) is 1.50. The Kier molecular flexibility index (Phi) is 4.56. The molecule has 0 aliphatic heterocycles. The topological polar surface area (TPSA) is 78.4 Å². The van der Waals surface area contributed by atoms with E-state index in [0.29, 0.717) is 0 Å². The lowest BCUT2D eigenvalue weighted by Gasteiger charge is -1.89. The standard InChI is InChI=1S/C10H11BrN4/c11-9(7-14-15-10(12)13)6-8-4-2-1-3-5-8/h1-7H,(H4,12,13,15)/p+1/b9-6-,14-7-. The normalized spacial score (nSPS) is 11.7. The maximum atomic E-state index is 5.14. The molecule has 5 N–H and O–H groups in total. The number of halogens is 1. The molecule has 1 aromatic rings. The third-order valence-corrected chi connectivity index (χ3v) is 1.96. The quantitative estimate of drug-likeness (QED) is 0.402. The fourth-order valence-electron chi connectivity index (χ4n) is 0.919. The van der Waals surface area contributed by atoms with Gasteiger partial charge in [0.1, 0.15) is 0 Å². The second kappa shape index (κ2) is 5.98. The minimum absolute atomic E-state index is 0.00809. The van der Waals surface area contributed by atoms with Crippen LogP contribution in [0, 0.1) is 0 Å². The molecule has 0 radical (unpaired) electrons. The number of nitrogens with two attached hydrogens (primary N) is 2. The number of nitrogens with one attached hydrogen (secondary N) is 1. The molecule has 1 rings (SSSR count). The maximum absolute atomic E-state index is 5.14. The first-order chi connectivity index (χ1) is 7.18. The van der Waals surface area contributed by atoms with Crippen LogP contribution in [0.5, 0.6) is 0 Å². The van der Waals surface area contributed by atoms with E-state index in [-0.39, 0.29) is 5.96 Å². The number of nitrogens with zero attached hydrogens (tertiary/aromatic N) is 1. The van der Waals surface area contributed by atoms with Gasteiger partial charge in [-0.3, -0.25) is 0 Å². The molecule has 0 saturated carbocycles. The molecule has 0 atom stereocenters. The van der Waals surface area contributed by atoms with Gasteiger partial charge in [-0.25, -0.2) is 0 Å². The van der Waals surface area contributed by atoms with Crippen molar-refractivity contribution in [2.75, 3.05) is 0 Å². The summed E-state index contributed by atoms with van der Waals surface area (Å²) in [6.45, 7) is 0. The van der Waals surface area contributed by atoms with Gasteiger partial charge < -0.3 is 11.5 Å². The first-order valence-electron chi connectivity index (χ1n) is 4.28. The molecule has 0 bridgehead atoms. The number of hydrazone groups is 1. The number of hydrogen-bond donors (Lipinski definition) is 3. The van der Waals surface area contributed by atoms with E-state index in [0.717, 1.165) is 10.0 Å². The van der Waals surface area contributed by atoms with Crippen LogP contribution in [0.4, 0.5) is 0 Å². The Morgan fingerprint density at radius 3 is 2.53 bits per heavy atom. The third kappa shape index (κ3) is 4.97. The molecular formula is C10H12BrN4+. The van der Waals surface area contributed by atoms with Gasteiger partial charge in [-0.2, -0.15) is 0 Å². The van der Waals surface area contributed by atoms with Crippen LogP contribution < -0.4 is 16.6 Å². The number of benzene rings is 1.